The number of nitrogens with zero attached hydrogens (tertiary/aromatic N) is 3. The topological polar surface area (TPSA) is 58.4 Å². The van der Waals surface area contributed by atoms with E-state index in [1.165, 1.54) is 0 Å². The van der Waals surface area contributed by atoms with Crippen molar-refractivity contribution in [1.29, 1.82) is 0 Å². The monoisotopic (exact) mass is 253 g/mol. The molecule has 0 aliphatic carbocycles. The molecule has 0 aliphatic heterocycles. The molecule has 1 heterocycles. The maximum absolute atomic E-state index is 12.0. The van der Waals surface area contributed by atoms with Gasteiger partial charge in [-0.15, -0.1) is 0 Å². The Kier molecular flexibility index (Phi) is 6.43. The summed E-state index contributed by atoms with van der Waals surface area (Å²) in [6, 6.07) is 0.182. The molecule has 1 rings (SSSR count). The van der Waals surface area contributed by atoms with E-state index in [9.17, 15) is 4.79 Å². The van der Waals surface area contributed by atoms with E-state index in [4.69, 9.17) is 5.11 Å². The van der Waals surface area contributed by atoms with Gasteiger partial charge >= 0.3 is 0 Å². The maximum Gasteiger partial charge on any atom is 0.224 e. The lowest BCUT2D eigenvalue weighted by Crippen LogP contribution is -2.30. The van der Waals surface area contributed by atoms with Crippen molar-refractivity contribution >= 4 is 5.91 Å². The van der Waals surface area contributed by atoms with Gasteiger partial charge < -0.3 is 14.6 Å². The largest absolute Gasteiger partial charge is 0.396 e. The highest BCUT2D eigenvalue weighted by atomic mass is 16.3. The highest BCUT2D eigenvalue weighted by Crippen LogP contribution is 2.18. The number of carbonyl (C=O) groups is 1. The Morgan fingerprint density at radius 2 is 2.33 bits per heavy atom. The first-order valence-corrected chi connectivity index (χ1v) is 6.51. The molecule has 18 heavy (non-hydrogen) atoms. The molecule has 102 valence electrons. The standard InChI is InChI=1S/C13H23N3O2/c1-3-5-12(16-8-6-14-11-16)10-13(18)15(2)7-4-9-17/h6,8,11-12,17H,3-5,7,9-10H2,1-2H3. The Morgan fingerprint density at radius 1 is 1.56 bits per heavy atom. The zero-order valence-corrected chi connectivity index (χ0v) is 11.2. The molecule has 1 atom stereocenters. The third-order valence-electron chi connectivity index (χ3n) is 3.06. The van der Waals surface area contributed by atoms with Crippen LogP contribution in [-0.4, -0.2) is 45.7 Å². The minimum absolute atomic E-state index is 0.121. The fraction of sp³-hybridized carbons (Fsp3) is 0.692. The summed E-state index contributed by atoms with van der Waals surface area (Å²) < 4.78 is 2.00. The van der Waals surface area contributed by atoms with Gasteiger partial charge in [-0.05, 0) is 12.8 Å². The molecule has 0 saturated carbocycles. The van der Waals surface area contributed by atoms with Gasteiger partial charge in [0.15, 0.2) is 0 Å². The van der Waals surface area contributed by atoms with Gasteiger partial charge in [-0.1, -0.05) is 13.3 Å². The molecule has 1 aromatic heterocycles. The SMILES string of the molecule is CCCC(CC(=O)N(C)CCCO)n1ccnc1. The normalized spacial score (nSPS) is 12.4. The van der Waals surface area contributed by atoms with E-state index in [1.54, 1.807) is 24.5 Å². The van der Waals surface area contributed by atoms with Gasteiger partial charge in [0, 0.05) is 45.1 Å². The van der Waals surface area contributed by atoms with E-state index in [2.05, 4.69) is 11.9 Å². The average Bonchev–Trinajstić information content (AvgIpc) is 2.89. The van der Waals surface area contributed by atoms with Crippen LogP contribution in [0, 0.1) is 0 Å². The molecule has 5 heteroatoms. The number of hydrogen-bond donors (Lipinski definition) is 1. The second kappa shape index (κ2) is 7.87. The van der Waals surface area contributed by atoms with Crippen molar-refractivity contribution in [3.05, 3.63) is 18.7 Å². The van der Waals surface area contributed by atoms with Gasteiger partial charge in [-0.3, -0.25) is 4.79 Å². The summed E-state index contributed by atoms with van der Waals surface area (Å²) in [6.07, 6.45) is 8.54. The Balaban J connectivity index is 2.53. The van der Waals surface area contributed by atoms with Gasteiger partial charge in [0.25, 0.3) is 0 Å². The number of aromatic nitrogens is 2. The van der Waals surface area contributed by atoms with Crippen molar-refractivity contribution in [2.45, 2.75) is 38.6 Å². The molecular formula is C13H23N3O2. The van der Waals surface area contributed by atoms with Gasteiger partial charge in [0.05, 0.1) is 6.33 Å². The molecule has 1 N–H and O–H groups in total. The zero-order valence-electron chi connectivity index (χ0n) is 11.2. The fourth-order valence-corrected chi connectivity index (χ4v) is 1.97. The van der Waals surface area contributed by atoms with Gasteiger partial charge in [0.1, 0.15) is 0 Å². The van der Waals surface area contributed by atoms with Gasteiger partial charge in [-0.25, -0.2) is 4.98 Å². The summed E-state index contributed by atoms with van der Waals surface area (Å²) in [7, 11) is 1.79. The summed E-state index contributed by atoms with van der Waals surface area (Å²) in [5.74, 6) is 0.121. The molecule has 1 unspecified atom stereocenters. The molecule has 0 fully saturated rings. The minimum atomic E-state index is 0.121. The molecule has 0 bridgehead atoms. The van der Waals surface area contributed by atoms with Crippen LogP contribution in [0.3, 0.4) is 0 Å². The van der Waals surface area contributed by atoms with E-state index in [0.717, 1.165) is 12.8 Å². The molecule has 5 nitrogen and oxygen atoms in total. The summed E-state index contributed by atoms with van der Waals surface area (Å²) in [4.78, 5) is 17.8. The van der Waals surface area contributed by atoms with E-state index < -0.39 is 0 Å². The van der Waals surface area contributed by atoms with Crippen LogP contribution in [0.2, 0.25) is 0 Å². The zero-order chi connectivity index (χ0) is 13.4. The Morgan fingerprint density at radius 3 is 2.89 bits per heavy atom. The molecule has 0 aromatic carbocycles. The fourth-order valence-electron chi connectivity index (χ4n) is 1.97. The number of hydrogen-bond acceptors (Lipinski definition) is 3. The van der Waals surface area contributed by atoms with Gasteiger partial charge in [0.2, 0.25) is 5.91 Å². The maximum atomic E-state index is 12.0. The number of amides is 1. The van der Waals surface area contributed by atoms with Crippen molar-refractivity contribution in [1.82, 2.24) is 14.5 Å². The average molecular weight is 253 g/mol. The molecule has 0 spiro atoms. The minimum Gasteiger partial charge on any atom is -0.396 e. The van der Waals surface area contributed by atoms with Crippen LogP contribution in [0.25, 0.3) is 0 Å². The first-order valence-electron chi connectivity index (χ1n) is 6.51. The van der Waals surface area contributed by atoms with Crippen LogP contribution >= 0.6 is 0 Å². The van der Waals surface area contributed by atoms with E-state index in [-0.39, 0.29) is 18.6 Å². The molecule has 0 aliphatic rings. The third-order valence-corrected chi connectivity index (χ3v) is 3.06. The summed E-state index contributed by atoms with van der Waals surface area (Å²) in [5.41, 5.74) is 0. The molecule has 0 saturated heterocycles. The first-order chi connectivity index (χ1) is 8.69. The molecule has 1 amide bonds. The van der Waals surface area contributed by atoms with Crippen LogP contribution in [-0.2, 0) is 4.79 Å². The number of carbonyl (C=O) groups excluding carboxylic acids is 1. The van der Waals surface area contributed by atoms with Gasteiger partial charge in [-0.2, -0.15) is 0 Å². The van der Waals surface area contributed by atoms with Crippen molar-refractivity contribution in [2.75, 3.05) is 20.2 Å². The lowest BCUT2D eigenvalue weighted by Gasteiger charge is -2.22. The second-order valence-electron chi connectivity index (χ2n) is 4.55. The lowest BCUT2D eigenvalue weighted by molar-refractivity contribution is -0.130. The Bertz CT molecular complexity index is 338. The predicted molar refractivity (Wildman–Crippen MR) is 70.1 cm³/mol. The summed E-state index contributed by atoms with van der Waals surface area (Å²) in [5, 5.41) is 8.76. The van der Waals surface area contributed by atoms with Crippen molar-refractivity contribution in [2.24, 2.45) is 0 Å². The lowest BCUT2D eigenvalue weighted by atomic mass is 10.1. The van der Waals surface area contributed by atoms with Crippen LogP contribution in [0.4, 0.5) is 0 Å². The van der Waals surface area contributed by atoms with Crippen LogP contribution in [0.1, 0.15) is 38.6 Å². The highest BCUT2D eigenvalue weighted by molar-refractivity contribution is 5.76. The summed E-state index contributed by atoms with van der Waals surface area (Å²) >= 11 is 0. The summed E-state index contributed by atoms with van der Waals surface area (Å²) in [6.45, 7) is 2.85. The van der Waals surface area contributed by atoms with E-state index in [0.29, 0.717) is 19.4 Å². The number of imidazole rings is 1. The van der Waals surface area contributed by atoms with Crippen LogP contribution < -0.4 is 0 Å². The number of aliphatic hydroxyl groups is 1. The van der Waals surface area contributed by atoms with Crippen LogP contribution in [0.15, 0.2) is 18.7 Å². The number of rotatable bonds is 8. The predicted octanol–water partition coefficient (Wildman–Crippen LogP) is 1.46. The number of aliphatic hydroxyl groups excluding tert-OH is 1. The molecular weight excluding hydrogens is 230 g/mol. The molecule has 1 aromatic rings. The van der Waals surface area contributed by atoms with Crippen molar-refractivity contribution in [3.63, 3.8) is 0 Å². The van der Waals surface area contributed by atoms with Crippen LogP contribution in [0.5, 0.6) is 0 Å². The smallest absolute Gasteiger partial charge is 0.224 e. The second-order valence-corrected chi connectivity index (χ2v) is 4.55. The van der Waals surface area contributed by atoms with E-state index >= 15 is 0 Å². The highest BCUT2D eigenvalue weighted by Gasteiger charge is 2.17. The Labute approximate surface area is 108 Å². The first kappa shape index (κ1) is 14.7. The quantitative estimate of drug-likeness (QED) is 0.763. The Hall–Kier alpha value is -1.36. The third kappa shape index (κ3) is 4.49. The van der Waals surface area contributed by atoms with E-state index in [1.807, 2.05) is 10.8 Å². The van der Waals surface area contributed by atoms with Crippen molar-refractivity contribution < 1.29 is 9.90 Å². The van der Waals surface area contributed by atoms with Crippen molar-refractivity contribution in [3.8, 4) is 0 Å². The molecule has 0 radical (unpaired) electrons.